The Kier molecular flexibility index (Phi) is 4.31. The number of carbonyl (C=O) groups excluding carboxylic acids is 1. The number of hydrogen-bond acceptors (Lipinski definition) is 3. The summed E-state index contributed by atoms with van der Waals surface area (Å²) in [4.78, 5) is 13.8. The predicted octanol–water partition coefficient (Wildman–Crippen LogP) is 1.27. The molecule has 0 bridgehead atoms. The second-order valence-corrected chi connectivity index (χ2v) is 4.99. The fraction of sp³-hybridized carbons (Fsp3) is 0.833. The molecule has 0 aliphatic heterocycles. The predicted molar refractivity (Wildman–Crippen MR) is 62.4 cm³/mol. The molecule has 1 aliphatic rings. The molecule has 0 radical (unpaired) electrons. The second-order valence-electron chi connectivity index (χ2n) is 4.99. The Labute approximate surface area is 97.4 Å². The van der Waals surface area contributed by atoms with Crippen molar-refractivity contribution in [3.05, 3.63) is 0 Å². The van der Waals surface area contributed by atoms with Crippen LogP contribution in [0.2, 0.25) is 0 Å². The van der Waals surface area contributed by atoms with Gasteiger partial charge in [-0.05, 0) is 18.8 Å². The van der Waals surface area contributed by atoms with Gasteiger partial charge in [0.25, 0.3) is 0 Å². The maximum atomic E-state index is 12.2. The van der Waals surface area contributed by atoms with E-state index in [0.717, 1.165) is 25.7 Å². The first-order chi connectivity index (χ1) is 7.49. The molecule has 2 unspecified atom stereocenters. The Balaban J connectivity index is 2.60. The SMILES string of the molecule is CC1CCCC(N)(C(=O)N(C)CCC#N)C1. The maximum absolute atomic E-state index is 12.2. The van der Waals surface area contributed by atoms with E-state index in [9.17, 15) is 4.79 Å². The molecule has 4 nitrogen and oxygen atoms in total. The van der Waals surface area contributed by atoms with Gasteiger partial charge in [0, 0.05) is 13.6 Å². The molecule has 4 heteroatoms. The molecule has 0 aromatic carbocycles. The number of nitrogens with two attached hydrogens (primary N) is 1. The molecule has 1 rings (SSSR count). The summed E-state index contributed by atoms with van der Waals surface area (Å²) in [7, 11) is 1.73. The molecule has 90 valence electrons. The summed E-state index contributed by atoms with van der Waals surface area (Å²) in [5.41, 5.74) is 5.50. The van der Waals surface area contributed by atoms with Gasteiger partial charge in [-0.25, -0.2) is 0 Å². The van der Waals surface area contributed by atoms with Gasteiger partial charge >= 0.3 is 0 Å². The second kappa shape index (κ2) is 5.31. The largest absolute Gasteiger partial charge is 0.343 e. The van der Waals surface area contributed by atoms with E-state index in [4.69, 9.17) is 11.0 Å². The molecule has 1 saturated carbocycles. The summed E-state index contributed by atoms with van der Waals surface area (Å²) in [6, 6.07) is 2.04. The lowest BCUT2D eigenvalue weighted by Crippen LogP contribution is -2.56. The molecule has 0 saturated heterocycles. The van der Waals surface area contributed by atoms with Crippen molar-refractivity contribution in [1.29, 1.82) is 5.26 Å². The third kappa shape index (κ3) is 2.96. The zero-order chi connectivity index (χ0) is 12.2. The van der Waals surface area contributed by atoms with E-state index in [1.165, 1.54) is 0 Å². The number of nitrogens with zero attached hydrogens (tertiary/aromatic N) is 2. The lowest BCUT2D eigenvalue weighted by molar-refractivity contribution is -0.137. The fourth-order valence-electron chi connectivity index (χ4n) is 2.49. The molecule has 1 aliphatic carbocycles. The molecular formula is C12H21N3O. The average Bonchev–Trinajstić information content (AvgIpc) is 2.24. The van der Waals surface area contributed by atoms with Crippen molar-refractivity contribution in [2.75, 3.05) is 13.6 Å². The number of likely N-dealkylation sites (N-methyl/N-ethyl adjacent to an activating group) is 1. The molecule has 0 spiro atoms. The minimum Gasteiger partial charge on any atom is -0.343 e. The zero-order valence-corrected chi connectivity index (χ0v) is 10.2. The number of hydrogen-bond donors (Lipinski definition) is 1. The van der Waals surface area contributed by atoms with Gasteiger partial charge in [-0.2, -0.15) is 5.26 Å². The number of nitriles is 1. The van der Waals surface area contributed by atoms with Gasteiger partial charge in [-0.1, -0.05) is 19.8 Å². The van der Waals surface area contributed by atoms with Gasteiger partial charge in [-0.3, -0.25) is 4.79 Å². The summed E-state index contributed by atoms with van der Waals surface area (Å²) in [6.45, 7) is 2.62. The van der Waals surface area contributed by atoms with Crippen LogP contribution in [0.5, 0.6) is 0 Å². The van der Waals surface area contributed by atoms with Crippen LogP contribution in [0.4, 0.5) is 0 Å². The van der Waals surface area contributed by atoms with E-state index >= 15 is 0 Å². The van der Waals surface area contributed by atoms with Gasteiger partial charge in [0.2, 0.25) is 5.91 Å². The number of amides is 1. The van der Waals surface area contributed by atoms with Crippen molar-refractivity contribution in [2.24, 2.45) is 11.7 Å². The Bertz CT molecular complexity index is 297. The van der Waals surface area contributed by atoms with Crippen molar-refractivity contribution < 1.29 is 4.79 Å². The van der Waals surface area contributed by atoms with E-state index in [2.05, 4.69) is 6.92 Å². The summed E-state index contributed by atoms with van der Waals surface area (Å²) >= 11 is 0. The maximum Gasteiger partial charge on any atom is 0.242 e. The van der Waals surface area contributed by atoms with Crippen molar-refractivity contribution in [2.45, 2.75) is 44.6 Å². The summed E-state index contributed by atoms with van der Waals surface area (Å²) < 4.78 is 0. The molecule has 0 heterocycles. The smallest absolute Gasteiger partial charge is 0.242 e. The van der Waals surface area contributed by atoms with E-state index in [-0.39, 0.29) is 5.91 Å². The first-order valence-corrected chi connectivity index (χ1v) is 5.91. The van der Waals surface area contributed by atoms with E-state index < -0.39 is 5.54 Å². The summed E-state index contributed by atoms with van der Waals surface area (Å²) in [5, 5.41) is 8.49. The van der Waals surface area contributed by atoms with Gasteiger partial charge in [0.15, 0.2) is 0 Å². The highest BCUT2D eigenvalue weighted by Gasteiger charge is 2.39. The van der Waals surface area contributed by atoms with Gasteiger partial charge in [-0.15, -0.1) is 0 Å². The molecule has 0 aromatic heterocycles. The Morgan fingerprint density at radius 2 is 2.38 bits per heavy atom. The molecule has 1 amide bonds. The first-order valence-electron chi connectivity index (χ1n) is 5.91. The molecule has 2 atom stereocenters. The first kappa shape index (κ1) is 13.0. The highest BCUT2D eigenvalue weighted by molar-refractivity contribution is 5.86. The fourth-order valence-corrected chi connectivity index (χ4v) is 2.49. The Morgan fingerprint density at radius 1 is 1.69 bits per heavy atom. The third-order valence-electron chi connectivity index (χ3n) is 3.36. The number of carbonyl (C=O) groups is 1. The Hall–Kier alpha value is -1.08. The van der Waals surface area contributed by atoms with Crippen LogP contribution in [0.25, 0.3) is 0 Å². The van der Waals surface area contributed by atoms with Crippen LogP contribution < -0.4 is 5.73 Å². The normalized spacial score (nSPS) is 29.5. The molecule has 2 N–H and O–H groups in total. The lowest BCUT2D eigenvalue weighted by atomic mass is 9.76. The van der Waals surface area contributed by atoms with Crippen molar-refractivity contribution in [3.8, 4) is 6.07 Å². The average molecular weight is 223 g/mol. The minimum atomic E-state index is -0.693. The van der Waals surface area contributed by atoms with E-state index in [1.807, 2.05) is 6.07 Å². The number of rotatable bonds is 3. The van der Waals surface area contributed by atoms with Crippen molar-refractivity contribution >= 4 is 5.91 Å². The van der Waals surface area contributed by atoms with E-state index in [0.29, 0.717) is 18.9 Å². The van der Waals surface area contributed by atoms with Crippen molar-refractivity contribution in [1.82, 2.24) is 4.90 Å². The van der Waals surface area contributed by atoms with Crippen LogP contribution in [0.3, 0.4) is 0 Å². The van der Waals surface area contributed by atoms with Crippen LogP contribution in [0.1, 0.15) is 39.0 Å². The summed E-state index contributed by atoms with van der Waals surface area (Å²) in [5.74, 6) is 0.515. The monoisotopic (exact) mass is 223 g/mol. The Morgan fingerprint density at radius 3 is 2.94 bits per heavy atom. The zero-order valence-electron chi connectivity index (χ0n) is 10.2. The van der Waals surface area contributed by atoms with Crippen molar-refractivity contribution in [3.63, 3.8) is 0 Å². The molecule has 1 fully saturated rings. The van der Waals surface area contributed by atoms with Gasteiger partial charge in [0.1, 0.15) is 0 Å². The minimum absolute atomic E-state index is 0.00528. The topological polar surface area (TPSA) is 70.1 Å². The van der Waals surface area contributed by atoms with E-state index in [1.54, 1.807) is 11.9 Å². The van der Waals surface area contributed by atoms with Crippen LogP contribution >= 0.6 is 0 Å². The van der Waals surface area contributed by atoms with Crippen LogP contribution in [-0.4, -0.2) is 29.9 Å². The quantitative estimate of drug-likeness (QED) is 0.783. The molecular weight excluding hydrogens is 202 g/mol. The van der Waals surface area contributed by atoms with Crippen LogP contribution in [0.15, 0.2) is 0 Å². The molecule has 16 heavy (non-hydrogen) atoms. The highest BCUT2D eigenvalue weighted by Crippen LogP contribution is 2.31. The lowest BCUT2D eigenvalue weighted by Gasteiger charge is -2.37. The van der Waals surface area contributed by atoms with Gasteiger partial charge < -0.3 is 10.6 Å². The van der Waals surface area contributed by atoms with Gasteiger partial charge in [0.05, 0.1) is 18.0 Å². The third-order valence-corrected chi connectivity index (χ3v) is 3.36. The van der Waals surface area contributed by atoms with Crippen LogP contribution in [0, 0.1) is 17.2 Å². The van der Waals surface area contributed by atoms with Crippen LogP contribution in [-0.2, 0) is 4.79 Å². The molecule has 0 aromatic rings. The standard InChI is InChI=1S/C12H21N3O/c1-10-5-3-6-12(14,9-10)11(16)15(2)8-4-7-13/h10H,3-6,8-9,14H2,1-2H3. The summed E-state index contributed by atoms with van der Waals surface area (Å²) in [6.07, 6.45) is 4.09. The highest BCUT2D eigenvalue weighted by atomic mass is 16.2.